The summed E-state index contributed by atoms with van der Waals surface area (Å²) in [6.45, 7) is 0.188. The van der Waals surface area contributed by atoms with Crippen LogP contribution in [0.3, 0.4) is 0 Å². The molecule has 1 aromatic heterocycles. The number of rotatable bonds is 2. The normalized spacial score (nSPS) is 10.5. The Morgan fingerprint density at radius 1 is 1.29 bits per heavy atom. The van der Waals surface area contributed by atoms with Crippen LogP contribution in [-0.4, -0.2) is 9.55 Å². The minimum atomic E-state index is -0.520. The highest BCUT2D eigenvalue weighted by Gasteiger charge is 2.06. The lowest BCUT2D eigenvalue weighted by molar-refractivity contribution is 0.614. The van der Waals surface area contributed by atoms with E-state index >= 15 is 0 Å². The molecule has 0 spiro atoms. The van der Waals surface area contributed by atoms with Crippen molar-refractivity contribution in [3.8, 4) is 0 Å². The molecule has 0 radical (unpaired) electrons. The summed E-state index contributed by atoms with van der Waals surface area (Å²) < 4.78 is 14.9. The number of aromatic amines is 1. The van der Waals surface area contributed by atoms with Crippen molar-refractivity contribution in [3.05, 3.63) is 67.2 Å². The number of nitrogens with one attached hydrogen (secondary N) is 1. The number of nitrogens with zero attached hydrogens (tertiary/aromatic N) is 1. The maximum absolute atomic E-state index is 13.3. The van der Waals surface area contributed by atoms with E-state index in [9.17, 15) is 14.0 Å². The first-order valence-electron chi connectivity index (χ1n) is 4.80. The molecule has 6 heteroatoms. The molecule has 0 unspecified atom stereocenters. The zero-order valence-corrected chi connectivity index (χ0v) is 10.2. The van der Waals surface area contributed by atoms with Gasteiger partial charge < -0.3 is 0 Å². The SMILES string of the molecule is O=c1ccn(Cc2cccc(F)c2Br)c(=O)[nH]1. The van der Waals surface area contributed by atoms with Gasteiger partial charge in [-0.15, -0.1) is 0 Å². The summed E-state index contributed by atoms with van der Waals surface area (Å²) in [4.78, 5) is 24.5. The van der Waals surface area contributed by atoms with E-state index in [0.717, 1.165) is 0 Å². The monoisotopic (exact) mass is 298 g/mol. The third-order valence-electron chi connectivity index (χ3n) is 2.27. The Bertz CT molecular complexity index is 663. The van der Waals surface area contributed by atoms with Gasteiger partial charge in [-0.2, -0.15) is 0 Å². The van der Waals surface area contributed by atoms with Crippen LogP contribution in [0.4, 0.5) is 4.39 Å². The molecule has 0 atom stereocenters. The summed E-state index contributed by atoms with van der Waals surface area (Å²) in [6.07, 6.45) is 1.37. The molecule has 1 aromatic carbocycles. The van der Waals surface area contributed by atoms with Crippen LogP contribution in [0.25, 0.3) is 0 Å². The van der Waals surface area contributed by atoms with Crippen LogP contribution in [0.5, 0.6) is 0 Å². The number of H-pyrrole nitrogens is 1. The van der Waals surface area contributed by atoms with Gasteiger partial charge in [-0.25, -0.2) is 9.18 Å². The second-order valence-electron chi connectivity index (χ2n) is 3.45. The van der Waals surface area contributed by atoms with Gasteiger partial charge in [0.05, 0.1) is 11.0 Å². The van der Waals surface area contributed by atoms with Gasteiger partial charge in [0.25, 0.3) is 5.56 Å². The second kappa shape index (κ2) is 4.67. The van der Waals surface area contributed by atoms with E-state index in [1.165, 1.54) is 22.9 Å². The predicted octanol–water partition coefficient (Wildman–Crippen LogP) is 1.49. The number of halogens is 2. The molecule has 1 heterocycles. The average Bonchev–Trinajstić information content (AvgIpc) is 2.28. The van der Waals surface area contributed by atoms with Gasteiger partial charge >= 0.3 is 5.69 Å². The Hall–Kier alpha value is -1.69. The summed E-state index contributed by atoms with van der Waals surface area (Å²) >= 11 is 3.11. The molecule has 0 amide bonds. The Balaban J connectivity index is 2.42. The van der Waals surface area contributed by atoms with E-state index in [4.69, 9.17) is 0 Å². The van der Waals surface area contributed by atoms with Gasteiger partial charge in [0.1, 0.15) is 5.82 Å². The van der Waals surface area contributed by atoms with Crippen LogP contribution >= 0.6 is 15.9 Å². The van der Waals surface area contributed by atoms with Crippen LogP contribution in [0.1, 0.15) is 5.56 Å². The second-order valence-corrected chi connectivity index (χ2v) is 4.24. The number of aromatic nitrogens is 2. The van der Waals surface area contributed by atoms with Crippen LogP contribution < -0.4 is 11.2 Å². The molecular formula is C11H8BrFN2O2. The highest BCUT2D eigenvalue weighted by Crippen LogP contribution is 2.20. The predicted molar refractivity (Wildman–Crippen MR) is 64.5 cm³/mol. The molecule has 0 aliphatic carbocycles. The van der Waals surface area contributed by atoms with E-state index in [0.29, 0.717) is 10.0 Å². The largest absolute Gasteiger partial charge is 0.328 e. The summed E-state index contributed by atoms with van der Waals surface area (Å²) in [6, 6.07) is 5.83. The molecule has 17 heavy (non-hydrogen) atoms. The third kappa shape index (κ3) is 2.52. The van der Waals surface area contributed by atoms with Crippen molar-refractivity contribution in [3.63, 3.8) is 0 Å². The molecule has 0 bridgehead atoms. The Kier molecular flexibility index (Phi) is 3.23. The van der Waals surface area contributed by atoms with Crippen molar-refractivity contribution in [2.75, 3.05) is 0 Å². The van der Waals surface area contributed by atoms with E-state index in [-0.39, 0.29) is 12.4 Å². The Morgan fingerprint density at radius 2 is 2.06 bits per heavy atom. The van der Waals surface area contributed by atoms with Crippen molar-refractivity contribution < 1.29 is 4.39 Å². The first-order valence-corrected chi connectivity index (χ1v) is 5.60. The zero-order valence-electron chi connectivity index (χ0n) is 8.61. The molecule has 2 aromatic rings. The van der Waals surface area contributed by atoms with Crippen molar-refractivity contribution in [1.82, 2.24) is 9.55 Å². The molecule has 0 saturated heterocycles. The summed E-state index contributed by atoms with van der Waals surface area (Å²) in [5.41, 5.74) is -0.350. The van der Waals surface area contributed by atoms with Crippen molar-refractivity contribution in [1.29, 1.82) is 0 Å². The summed E-state index contributed by atoms with van der Waals surface area (Å²) in [7, 11) is 0. The fourth-order valence-corrected chi connectivity index (χ4v) is 1.81. The van der Waals surface area contributed by atoms with Crippen molar-refractivity contribution in [2.24, 2.45) is 0 Å². The molecule has 4 nitrogen and oxygen atoms in total. The van der Waals surface area contributed by atoms with Crippen molar-refractivity contribution in [2.45, 2.75) is 6.54 Å². The standard InChI is InChI=1S/C11H8BrFN2O2/c12-10-7(2-1-3-8(10)13)6-15-5-4-9(16)14-11(15)17/h1-5H,6H2,(H,14,16,17). The van der Waals surface area contributed by atoms with Gasteiger partial charge in [0.2, 0.25) is 0 Å². The topological polar surface area (TPSA) is 54.9 Å². The van der Waals surface area contributed by atoms with Gasteiger partial charge in [-0.05, 0) is 27.6 Å². The van der Waals surface area contributed by atoms with Gasteiger partial charge in [0.15, 0.2) is 0 Å². The fraction of sp³-hybridized carbons (Fsp3) is 0.0909. The maximum atomic E-state index is 13.3. The molecule has 2 rings (SSSR count). The number of benzene rings is 1. The summed E-state index contributed by atoms with van der Waals surface area (Å²) in [5, 5.41) is 0. The quantitative estimate of drug-likeness (QED) is 0.913. The minimum absolute atomic E-state index is 0.188. The molecule has 0 aliphatic rings. The van der Waals surface area contributed by atoms with E-state index in [2.05, 4.69) is 20.9 Å². The molecular weight excluding hydrogens is 291 g/mol. The zero-order chi connectivity index (χ0) is 12.4. The van der Waals surface area contributed by atoms with Crippen LogP contribution in [0.15, 0.2) is 44.5 Å². The minimum Gasteiger partial charge on any atom is -0.296 e. The lowest BCUT2D eigenvalue weighted by atomic mass is 10.2. The first-order chi connectivity index (χ1) is 8.08. The molecule has 1 N–H and O–H groups in total. The van der Waals surface area contributed by atoms with Crippen LogP contribution in [0.2, 0.25) is 0 Å². The van der Waals surface area contributed by atoms with E-state index in [1.807, 2.05) is 0 Å². The first kappa shape index (κ1) is 11.8. The average molecular weight is 299 g/mol. The van der Waals surface area contributed by atoms with Gasteiger partial charge in [-0.1, -0.05) is 12.1 Å². The smallest absolute Gasteiger partial charge is 0.296 e. The van der Waals surface area contributed by atoms with Crippen LogP contribution in [0, 0.1) is 5.82 Å². The van der Waals surface area contributed by atoms with Gasteiger partial charge in [-0.3, -0.25) is 14.3 Å². The van der Waals surface area contributed by atoms with Crippen LogP contribution in [-0.2, 0) is 6.54 Å². The lowest BCUT2D eigenvalue weighted by Crippen LogP contribution is -2.28. The Morgan fingerprint density at radius 3 is 2.76 bits per heavy atom. The fourth-order valence-electron chi connectivity index (χ4n) is 1.42. The van der Waals surface area contributed by atoms with Crippen molar-refractivity contribution >= 4 is 15.9 Å². The van der Waals surface area contributed by atoms with E-state index < -0.39 is 11.2 Å². The molecule has 0 aliphatic heterocycles. The number of hydrogen-bond donors (Lipinski definition) is 1. The van der Waals surface area contributed by atoms with E-state index in [1.54, 1.807) is 12.1 Å². The molecule has 88 valence electrons. The van der Waals surface area contributed by atoms with Gasteiger partial charge in [0, 0.05) is 12.3 Å². The third-order valence-corrected chi connectivity index (χ3v) is 3.16. The molecule has 0 saturated carbocycles. The molecule has 0 fully saturated rings. The number of hydrogen-bond acceptors (Lipinski definition) is 2. The lowest BCUT2D eigenvalue weighted by Gasteiger charge is -2.07. The highest BCUT2D eigenvalue weighted by atomic mass is 79.9. The summed E-state index contributed by atoms with van der Waals surface area (Å²) in [5.74, 6) is -0.389. The maximum Gasteiger partial charge on any atom is 0.328 e. The Labute approximate surface area is 104 Å². The highest BCUT2D eigenvalue weighted by molar-refractivity contribution is 9.10.